The van der Waals surface area contributed by atoms with Crippen LogP contribution in [0.15, 0.2) is 48.5 Å². The molecule has 0 saturated carbocycles. The highest BCUT2D eigenvalue weighted by Gasteiger charge is 2.08. The van der Waals surface area contributed by atoms with E-state index in [1.54, 1.807) is 21.3 Å². The number of anilines is 3. The van der Waals surface area contributed by atoms with Gasteiger partial charge < -0.3 is 24.8 Å². The van der Waals surface area contributed by atoms with Crippen LogP contribution >= 0.6 is 0 Å². The van der Waals surface area contributed by atoms with E-state index in [4.69, 9.17) is 14.2 Å². The number of rotatable bonds is 9. The summed E-state index contributed by atoms with van der Waals surface area (Å²) in [5.41, 5.74) is 2.84. The van der Waals surface area contributed by atoms with Crippen molar-refractivity contribution in [1.82, 2.24) is 9.97 Å². The molecule has 1 heterocycles. The van der Waals surface area contributed by atoms with Gasteiger partial charge in [-0.3, -0.25) is 0 Å². The van der Waals surface area contributed by atoms with E-state index in [9.17, 15) is 0 Å². The molecule has 0 unspecified atom stereocenters. The zero-order chi connectivity index (χ0) is 20.6. The van der Waals surface area contributed by atoms with Gasteiger partial charge in [0.05, 0.1) is 27.0 Å². The van der Waals surface area contributed by atoms with Crippen LogP contribution < -0.4 is 24.8 Å². The predicted octanol–water partition coefficient (Wildman–Crippen LogP) is 4.21. The number of ether oxygens (including phenoxy) is 3. The fraction of sp³-hybridized carbons (Fsp3) is 0.273. The second-order valence-electron chi connectivity index (χ2n) is 6.43. The second-order valence-corrected chi connectivity index (χ2v) is 6.43. The van der Waals surface area contributed by atoms with Gasteiger partial charge in [0.2, 0.25) is 5.95 Å². The molecule has 0 amide bonds. The van der Waals surface area contributed by atoms with Crippen LogP contribution in [-0.4, -0.2) is 37.8 Å². The van der Waals surface area contributed by atoms with Crippen molar-refractivity contribution in [3.05, 3.63) is 59.8 Å². The summed E-state index contributed by atoms with van der Waals surface area (Å²) in [4.78, 5) is 9.04. The third-order valence-electron chi connectivity index (χ3n) is 4.38. The second kappa shape index (κ2) is 9.64. The molecule has 0 aliphatic heterocycles. The fourth-order valence-electron chi connectivity index (χ4n) is 2.87. The van der Waals surface area contributed by atoms with E-state index in [1.807, 2.05) is 43.3 Å². The summed E-state index contributed by atoms with van der Waals surface area (Å²) >= 11 is 0. The highest BCUT2D eigenvalue weighted by atomic mass is 16.5. The monoisotopic (exact) mass is 394 g/mol. The van der Waals surface area contributed by atoms with Crippen molar-refractivity contribution in [2.75, 3.05) is 38.5 Å². The minimum atomic E-state index is 0.572. The van der Waals surface area contributed by atoms with Gasteiger partial charge in [-0.1, -0.05) is 12.1 Å². The SMILES string of the molecule is COc1ccc(CCNc2nc(C)cc(Nc3cc(OC)ccc3OC)n2)cc1. The van der Waals surface area contributed by atoms with Gasteiger partial charge in [0.15, 0.2) is 0 Å². The molecule has 0 radical (unpaired) electrons. The van der Waals surface area contributed by atoms with Gasteiger partial charge in [-0.25, -0.2) is 4.98 Å². The van der Waals surface area contributed by atoms with Crippen LogP contribution in [0.2, 0.25) is 0 Å². The first-order valence-corrected chi connectivity index (χ1v) is 9.33. The Morgan fingerprint density at radius 2 is 1.55 bits per heavy atom. The van der Waals surface area contributed by atoms with E-state index < -0.39 is 0 Å². The normalized spacial score (nSPS) is 10.3. The molecule has 2 N–H and O–H groups in total. The first kappa shape index (κ1) is 20.3. The number of hydrogen-bond acceptors (Lipinski definition) is 7. The first-order chi connectivity index (χ1) is 14.1. The molecular formula is C22H26N4O3. The molecule has 152 valence electrons. The molecule has 2 aromatic carbocycles. The molecule has 0 aliphatic carbocycles. The maximum Gasteiger partial charge on any atom is 0.224 e. The Bertz CT molecular complexity index is 945. The van der Waals surface area contributed by atoms with Crippen LogP contribution in [0.4, 0.5) is 17.5 Å². The Labute approximate surface area is 171 Å². The maximum atomic E-state index is 5.42. The van der Waals surface area contributed by atoms with Crippen LogP contribution in [-0.2, 0) is 6.42 Å². The van der Waals surface area contributed by atoms with E-state index in [0.717, 1.165) is 35.8 Å². The molecule has 0 fully saturated rings. The van der Waals surface area contributed by atoms with Gasteiger partial charge in [0.1, 0.15) is 23.1 Å². The van der Waals surface area contributed by atoms with Gasteiger partial charge in [-0.2, -0.15) is 4.98 Å². The minimum Gasteiger partial charge on any atom is -0.497 e. The van der Waals surface area contributed by atoms with Crippen LogP contribution in [0.25, 0.3) is 0 Å². The lowest BCUT2D eigenvalue weighted by Gasteiger charge is -2.13. The average Bonchev–Trinajstić information content (AvgIpc) is 2.74. The van der Waals surface area contributed by atoms with Gasteiger partial charge in [-0.05, 0) is 43.2 Å². The Morgan fingerprint density at radius 1 is 0.828 bits per heavy atom. The summed E-state index contributed by atoms with van der Waals surface area (Å²) in [6, 6.07) is 15.5. The van der Waals surface area contributed by atoms with E-state index >= 15 is 0 Å². The zero-order valence-electron chi connectivity index (χ0n) is 17.2. The Kier molecular flexibility index (Phi) is 6.73. The molecule has 7 nitrogen and oxygen atoms in total. The number of methoxy groups -OCH3 is 3. The Hall–Kier alpha value is -3.48. The number of hydrogen-bond donors (Lipinski definition) is 2. The maximum absolute atomic E-state index is 5.42. The lowest BCUT2D eigenvalue weighted by Crippen LogP contribution is -2.10. The zero-order valence-corrected chi connectivity index (χ0v) is 17.2. The molecule has 7 heteroatoms. The molecule has 0 spiro atoms. The highest BCUT2D eigenvalue weighted by Crippen LogP contribution is 2.31. The van der Waals surface area contributed by atoms with Gasteiger partial charge in [-0.15, -0.1) is 0 Å². The summed E-state index contributed by atoms with van der Waals surface area (Å²) in [7, 11) is 4.92. The predicted molar refractivity (Wildman–Crippen MR) is 115 cm³/mol. The van der Waals surface area contributed by atoms with Crippen molar-refractivity contribution in [2.45, 2.75) is 13.3 Å². The number of aryl methyl sites for hydroxylation is 1. The van der Waals surface area contributed by atoms with Gasteiger partial charge in [0, 0.05) is 24.4 Å². The lowest BCUT2D eigenvalue weighted by atomic mass is 10.1. The van der Waals surface area contributed by atoms with Gasteiger partial charge >= 0.3 is 0 Å². The van der Waals surface area contributed by atoms with Crippen molar-refractivity contribution >= 4 is 17.5 Å². The standard InChI is InChI=1S/C22H26N4O3/c1-15-13-21(25-19-14-18(28-3)9-10-20(19)29-4)26-22(24-15)23-12-11-16-5-7-17(27-2)8-6-16/h5-10,13-14H,11-12H2,1-4H3,(H2,23,24,25,26). The number of nitrogens with one attached hydrogen (secondary N) is 2. The molecule has 3 rings (SSSR count). The molecule has 0 atom stereocenters. The molecule has 29 heavy (non-hydrogen) atoms. The molecule has 1 aromatic heterocycles. The summed E-state index contributed by atoms with van der Waals surface area (Å²) in [5.74, 6) is 3.54. The number of aromatic nitrogens is 2. The summed E-state index contributed by atoms with van der Waals surface area (Å²) in [5, 5.41) is 6.58. The summed E-state index contributed by atoms with van der Waals surface area (Å²) in [6.45, 7) is 2.65. The van der Waals surface area contributed by atoms with E-state index in [2.05, 4.69) is 32.7 Å². The summed E-state index contributed by atoms with van der Waals surface area (Å²) in [6.07, 6.45) is 0.855. The third kappa shape index (κ3) is 5.51. The molecular weight excluding hydrogens is 368 g/mol. The van der Waals surface area contributed by atoms with Crippen molar-refractivity contribution < 1.29 is 14.2 Å². The van der Waals surface area contributed by atoms with Crippen LogP contribution in [0, 0.1) is 6.92 Å². The molecule has 3 aromatic rings. The summed E-state index contributed by atoms with van der Waals surface area (Å²) < 4.78 is 15.9. The van der Waals surface area contributed by atoms with Crippen molar-refractivity contribution in [3.63, 3.8) is 0 Å². The largest absolute Gasteiger partial charge is 0.497 e. The smallest absolute Gasteiger partial charge is 0.224 e. The van der Waals surface area contributed by atoms with Crippen LogP contribution in [0.5, 0.6) is 17.2 Å². The molecule has 0 bridgehead atoms. The van der Waals surface area contributed by atoms with Crippen LogP contribution in [0.1, 0.15) is 11.3 Å². The van der Waals surface area contributed by atoms with Crippen molar-refractivity contribution in [3.8, 4) is 17.2 Å². The quantitative estimate of drug-likeness (QED) is 0.563. The van der Waals surface area contributed by atoms with E-state index in [1.165, 1.54) is 5.56 Å². The minimum absolute atomic E-state index is 0.572. The topological polar surface area (TPSA) is 77.5 Å². The van der Waals surface area contributed by atoms with E-state index in [-0.39, 0.29) is 0 Å². The lowest BCUT2D eigenvalue weighted by molar-refractivity contribution is 0.405. The highest BCUT2D eigenvalue weighted by molar-refractivity contribution is 5.67. The van der Waals surface area contributed by atoms with Crippen molar-refractivity contribution in [1.29, 1.82) is 0 Å². The molecule has 0 saturated heterocycles. The number of benzene rings is 2. The Balaban J connectivity index is 1.68. The van der Waals surface area contributed by atoms with E-state index in [0.29, 0.717) is 17.5 Å². The first-order valence-electron chi connectivity index (χ1n) is 9.33. The average molecular weight is 394 g/mol. The van der Waals surface area contributed by atoms with Gasteiger partial charge in [0.25, 0.3) is 0 Å². The number of nitrogens with zero attached hydrogens (tertiary/aromatic N) is 2. The van der Waals surface area contributed by atoms with Crippen LogP contribution in [0.3, 0.4) is 0 Å². The molecule has 0 aliphatic rings. The Morgan fingerprint density at radius 3 is 2.24 bits per heavy atom. The fourth-order valence-corrected chi connectivity index (χ4v) is 2.87. The van der Waals surface area contributed by atoms with Crippen molar-refractivity contribution in [2.24, 2.45) is 0 Å². The third-order valence-corrected chi connectivity index (χ3v) is 4.38.